The number of nitrogens with zero attached hydrogens (tertiary/aromatic N) is 1. The van der Waals surface area contributed by atoms with Crippen molar-refractivity contribution >= 4 is 11.8 Å². The molecule has 6 nitrogen and oxygen atoms in total. The predicted molar refractivity (Wildman–Crippen MR) is 75.4 cm³/mol. The van der Waals surface area contributed by atoms with Crippen molar-refractivity contribution in [3.63, 3.8) is 0 Å². The monoisotopic (exact) mass is 276 g/mol. The van der Waals surface area contributed by atoms with Crippen molar-refractivity contribution < 1.29 is 9.21 Å². The van der Waals surface area contributed by atoms with Gasteiger partial charge < -0.3 is 15.1 Å². The van der Waals surface area contributed by atoms with Gasteiger partial charge in [-0.05, 0) is 33.7 Å². The Balaban J connectivity index is 1.95. The van der Waals surface area contributed by atoms with Gasteiger partial charge >= 0.3 is 0 Å². The normalized spacial score (nSPS) is 21.7. The van der Waals surface area contributed by atoms with Gasteiger partial charge in [0.1, 0.15) is 17.4 Å². The van der Waals surface area contributed by atoms with E-state index in [1.165, 1.54) is 0 Å². The maximum Gasteiger partial charge on any atom is 0.240 e. The first-order chi connectivity index (χ1) is 9.45. The third-order valence-electron chi connectivity index (χ3n) is 3.79. The van der Waals surface area contributed by atoms with E-state index in [-0.39, 0.29) is 23.9 Å². The zero-order valence-corrected chi connectivity index (χ0v) is 12.1. The molecule has 0 radical (unpaired) electrons. The first kappa shape index (κ1) is 14.6. The second kappa shape index (κ2) is 5.65. The summed E-state index contributed by atoms with van der Waals surface area (Å²) < 4.78 is 5.41. The average Bonchev–Trinajstić information content (AvgIpc) is 2.94. The molecule has 108 valence electrons. The van der Waals surface area contributed by atoms with Crippen molar-refractivity contribution in [2.75, 3.05) is 25.0 Å². The largest absolute Gasteiger partial charge is 0.444 e. The summed E-state index contributed by atoms with van der Waals surface area (Å²) >= 11 is 0. The lowest BCUT2D eigenvalue weighted by Crippen LogP contribution is -2.47. The molecule has 1 aliphatic heterocycles. The lowest BCUT2D eigenvalue weighted by molar-refractivity contribution is -0.115. The smallest absolute Gasteiger partial charge is 0.240 e. The Hall–Kier alpha value is -1.84. The van der Waals surface area contributed by atoms with E-state index in [1.54, 1.807) is 13.8 Å². The van der Waals surface area contributed by atoms with Crippen molar-refractivity contribution in [3.8, 4) is 6.07 Å². The molecule has 1 aromatic heterocycles. The molecular weight excluding hydrogens is 256 g/mol. The number of hydrogen-bond acceptors (Lipinski definition) is 5. The van der Waals surface area contributed by atoms with Gasteiger partial charge in [-0.3, -0.25) is 10.1 Å². The Kier molecular flexibility index (Phi) is 4.12. The van der Waals surface area contributed by atoms with Crippen LogP contribution in [0.3, 0.4) is 0 Å². The van der Waals surface area contributed by atoms with Gasteiger partial charge in [0.2, 0.25) is 11.8 Å². The van der Waals surface area contributed by atoms with Gasteiger partial charge in [-0.15, -0.1) is 0 Å². The molecule has 20 heavy (non-hydrogen) atoms. The second-order valence-electron chi connectivity index (χ2n) is 5.49. The Morgan fingerprint density at radius 2 is 2.30 bits per heavy atom. The molecule has 1 unspecified atom stereocenters. The molecule has 0 spiro atoms. The van der Waals surface area contributed by atoms with Crippen LogP contribution in [0.15, 0.2) is 4.42 Å². The molecule has 1 amide bonds. The van der Waals surface area contributed by atoms with Crippen LogP contribution in [-0.2, 0) is 4.79 Å². The molecule has 1 aliphatic rings. The van der Waals surface area contributed by atoms with Gasteiger partial charge in [-0.25, -0.2) is 0 Å². The highest BCUT2D eigenvalue weighted by Gasteiger charge is 2.28. The van der Waals surface area contributed by atoms with Crippen molar-refractivity contribution in [1.82, 2.24) is 10.6 Å². The fraction of sp³-hybridized carbons (Fsp3) is 0.571. The molecule has 1 aromatic rings. The van der Waals surface area contributed by atoms with Gasteiger partial charge in [0, 0.05) is 17.6 Å². The van der Waals surface area contributed by atoms with Gasteiger partial charge in [0.15, 0.2) is 0 Å². The van der Waals surface area contributed by atoms with E-state index < -0.39 is 0 Å². The number of carbonyl (C=O) groups excluding carboxylic acids is 1. The van der Waals surface area contributed by atoms with Crippen molar-refractivity contribution in [1.29, 1.82) is 5.26 Å². The molecule has 1 saturated heterocycles. The van der Waals surface area contributed by atoms with Crippen LogP contribution in [0.4, 0.5) is 5.88 Å². The highest BCUT2D eigenvalue weighted by molar-refractivity contribution is 5.92. The number of nitrogens with one attached hydrogen (secondary N) is 3. The maximum absolute atomic E-state index is 11.9. The van der Waals surface area contributed by atoms with Crippen LogP contribution >= 0.6 is 0 Å². The fourth-order valence-electron chi connectivity index (χ4n) is 2.28. The van der Waals surface area contributed by atoms with Crippen LogP contribution < -0.4 is 16.0 Å². The molecule has 6 heteroatoms. The number of carbonyl (C=O) groups is 1. The summed E-state index contributed by atoms with van der Waals surface area (Å²) in [4.78, 5) is 11.9. The van der Waals surface area contributed by atoms with Crippen LogP contribution in [0.2, 0.25) is 0 Å². The first-order valence-electron chi connectivity index (χ1n) is 6.71. The summed E-state index contributed by atoms with van der Waals surface area (Å²) in [6.45, 7) is 7.67. The van der Waals surface area contributed by atoms with E-state index in [0.717, 1.165) is 25.1 Å². The Bertz CT molecular complexity index is 550. The quantitative estimate of drug-likeness (QED) is 0.764. The number of hydrogen-bond donors (Lipinski definition) is 3. The molecule has 0 aliphatic carbocycles. The number of anilines is 1. The predicted octanol–water partition coefficient (Wildman–Crippen LogP) is 1.05. The maximum atomic E-state index is 11.9. The topological polar surface area (TPSA) is 90.1 Å². The van der Waals surface area contributed by atoms with E-state index in [9.17, 15) is 4.79 Å². The highest BCUT2D eigenvalue weighted by Crippen LogP contribution is 2.25. The lowest BCUT2D eigenvalue weighted by atomic mass is 10.0. The minimum Gasteiger partial charge on any atom is -0.444 e. The summed E-state index contributed by atoms with van der Waals surface area (Å²) in [5.74, 6) is 0.684. The molecule has 2 heterocycles. The zero-order valence-electron chi connectivity index (χ0n) is 12.1. The average molecular weight is 276 g/mol. The van der Waals surface area contributed by atoms with Gasteiger partial charge in [0.05, 0.1) is 6.54 Å². The number of rotatable bonds is 4. The zero-order chi connectivity index (χ0) is 14.8. The molecule has 0 aromatic carbocycles. The standard InChI is InChI=1S/C14H20N4O2/c1-9-10(2)20-13(11(9)6-15)18-12(19)7-17-14(3)4-5-16-8-14/h16-17H,4-5,7-8H2,1-3H3,(H,18,19). The van der Waals surface area contributed by atoms with Crippen molar-refractivity contribution in [3.05, 3.63) is 16.9 Å². The number of furan rings is 1. The highest BCUT2D eigenvalue weighted by atomic mass is 16.4. The third kappa shape index (κ3) is 3.00. The van der Waals surface area contributed by atoms with E-state index in [4.69, 9.17) is 9.68 Å². The Morgan fingerprint density at radius 1 is 1.55 bits per heavy atom. The summed E-state index contributed by atoms with van der Waals surface area (Å²) in [5, 5.41) is 18.2. The summed E-state index contributed by atoms with van der Waals surface area (Å²) in [6.07, 6.45) is 0.989. The fourth-order valence-corrected chi connectivity index (χ4v) is 2.28. The summed E-state index contributed by atoms with van der Waals surface area (Å²) in [7, 11) is 0. The third-order valence-corrected chi connectivity index (χ3v) is 3.79. The van der Waals surface area contributed by atoms with Gasteiger partial charge in [0.25, 0.3) is 0 Å². The first-order valence-corrected chi connectivity index (χ1v) is 6.71. The SMILES string of the molecule is Cc1oc(NC(=O)CNC2(C)CCNC2)c(C#N)c1C. The van der Waals surface area contributed by atoms with E-state index >= 15 is 0 Å². The second-order valence-corrected chi connectivity index (χ2v) is 5.49. The summed E-state index contributed by atoms with van der Waals surface area (Å²) in [6, 6.07) is 2.06. The van der Waals surface area contributed by atoms with Crippen LogP contribution in [0.25, 0.3) is 0 Å². The van der Waals surface area contributed by atoms with Crippen LogP contribution in [0.5, 0.6) is 0 Å². The Morgan fingerprint density at radius 3 is 2.90 bits per heavy atom. The minimum absolute atomic E-state index is 0.0512. The van der Waals surface area contributed by atoms with E-state index in [2.05, 4.69) is 28.9 Å². The van der Waals surface area contributed by atoms with Gasteiger partial charge in [-0.2, -0.15) is 5.26 Å². The molecule has 0 bridgehead atoms. The van der Waals surface area contributed by atoms with Crippen molar-refractivity contribution in [2.24, 2.45) is 0 Å². The molecule has 2 rings (SSSR count). The van der Waals surface area contributed by atoms with Gasteiger partial charge in [-0.1, -0.05) is 0 Å². The molecule has 0 saturated carbocycles. The summed E-state index contributed by atoms with van der Waals surface area (Å²) in [5.41, 5.74) is 1.11. The molecular formula is C14H20N4O2. The van der Waals surface area contributed by atoms with Crippen LogP contribution in [-0.4, -0.2) is 31.1 Å². The van der Waals surface area contributed by atoms with Crippen LogP contribution in [0.1, 0.15) is 30.2 Å². The molecule has 3 N–H and O–H groups in total. The lowest BCUT2D eigenvalue weighted by Gasteiger charge is -2.23. The Labute approximate surface area is 118 Å². The number of amides is 1. The molecule has 1 atom stereocenters. The number of nitriles is 1. The molecule has 1 fully saturated rings. The van der Waals surface area contributed by atoms with Crippen LogP contribution in [0, 0.1) is 25.2 Å². The van der Waals surface area contributed by atoms with E-state index in [1.807, 2.05) is 0 Å². The van der Waals surface area contributed by atoms with E-state index in [0.29, 0.717) is 11.3 Å². The number of aryl methyl sites for hydroxylation is 1. The van der Waals surface area contributed by atoms with Crippen molar-refractivity contribution in [2.45, 2.75) is 32.7 Å². The minimum atomic E-state index is -0.205.